The highest BCUT2D eigenvalue weighted by Crippen LogP contribution is 2.35. The summed E-state index contributed by atoms with van der Waals surface area (Å²) in [5.74, 6) is 0.203. The molecule has 0 saturated carbocycles. The average molecular weight is 505 g/mol. The molecule has 0 unspecified atom stereocenters. The summed E-state index contributed by atoms with van der Waals surface area (Å²) in [4.78, 5) is 12.9. The van der Waals surface area contributed by atoms with Crippen LogP contribution in [0.5, 0.6) is 11.5 Å². The van der Waals surface area contributed by atoms with Crippen LogP contribution >= 0.6 is 15.9 Å². The molecule has 0 atom stereocenters. The topological polar surface area (TPSA) is 84.9 Å². The van der Waals surface area contributed by atoms with Gasteiger partial charge >= 0.3 is 0 Å². The van der Waals surface area contributed by atoms with Gasteiger partial charge in [0.1, 0.15) is 18.0 Å². The van der Waals surface area contributed by atoms with Crippen molar-refractivity contribution in [2.24, 2.45) is 0 Å². The molecular weight excluding hydrogens is 484 g/mol. The van der Waals surface area contributed by atoms with Crippen LogP contribution in [0.15, 0.2) is 82.2 Å². The van der Waals surface area contributed by atoms with E-state index in [1.807, 2.05) is 6.07 Å². The van der Waals surface area contributed by atoms with Gasteiger partial charge in [0.15, 0.2) is 0 Å². The molecule has 0 saturated heterocycles. The van der Waals surface area contributed by atoms with Gasteiger partial charge in [-0.15, -0.1) is 0 Å². The third-order valence-electron chi connectivity index (χ3n) is 4.38. The minimum Gasteiger partial charge on any atom is -0.497 e. The van der Waals surface area contributed by atoms with Crippen LogP contribution in [0.2, 0.25) is 0 Å². The Morgan fingerprint density at radius 2 is 1.71 bits per heavy atom. The number of sulfonamides is 1. The number of ether oxygens (including phenoxy) is 2. The molecule has 7 nitrogen and oxygen atoms in total. The maximum absolute atomic E-state index is 13.5. The molecule has 31 heavy (non-hydrogen) atoms. The summed E-state index contributed by atoms with van der Waals surface area (Å²) >= 11 is 3.35. The van der Waals surface area contributed by atoms with E-state index in [1.54, 1.807) is 48.5 Å². The zero-order valence-electron chi connectivity index (χ0n) is 16.9. The lowest BCUT2D eigenvalue weighted by Crippen LogP contribution is -2.38. The Kier molecular flexibility index (Phi) is 7.19. The molecule has 162 valence electrons. The smallest absolute Gasteiger partial charge is 0.264 e. The number of carbonyl (C=O) groups is 1. The molecule has 3 aromatic rings. The van der Waals surface area contributed by atoms with Crippen molar-refractivity contribution >= 4 is 43.2 Å². The molecule has 0 bridgehead atoms. The molecule has 0 aliphatic carbocycles. The summed E-state index contributed by atoms with van der Waals surface area (Å²) in [7, 11) is -1.17. The Balaban J connectivity index is 2.04. The number of anilines is 2. The number of nitrogens with zero attached hydrogens (tertiary/aromatic N) is 1. The third kappa shape index (κ3) is 5.36. The number of benzene rings is 3. The summed E-state index contributed by atoms with van der Waals surface area (Å²) in [6.45, 7) is -0.465. The fourth-order valence-corrected chi connectivity index (χ4v) is 4.75. The van der Waals surface area contributed by atoms with Crippen molar-refractivity contribution in [2.45, 2.75) is 4.90 Å². The van der Waals surface area contributed by atoms with Crippen molar-refractivity contribution in [3.8, 4) is 11.5 Å². The average Bonchev–Trinajstić information content (AvgIpc) is 2.77. The SMILES string of the molecule is COc1ccc(OC)c(N(CC(=O)Nc2cccc(Br)c2)S(=O)(=O)c2ccccc2)c1. The van der Waals surface area contributed by atoms with Gasteiger partial charge in [0, 0.05) is 16.2 Å². The second kappa shape index (κ2) is 9.84. The molecule has 0 fully saturated rings. The van der Waals surface area contributed by atoms with E-state index in [4.69, 9.17) is 9.47 Å². The van der Waals surface area contributed by atoms with Gasteiger partial charge in [-0.05, 0) is 42.5 Å². The van der Waals surface area contributed by atoms with Crippen molar-refractivity contribution in [3.05, 3.63) is 77.3 Å². The summed E-state index contributed by atoms with van der Waals surface area (Å²) in [6, 6.07) is 19.7. The highest BCUT2D eigenvalue weighted by molar-refractivity contribution is 9.10. The minimum absolute atomic E-state index is 0.0510. The van der Waals surface area contributed by atoms with Crippen LogP contribution in [0.1, 0.15) is 0 Å². The Morgan fingerprint density at radius 3 is 2.35 bits per heavy atom. The van der Waals surface area contributed by atoms with E-state index in [2.05, 4.69) is 21.2 Å². The highest BCUT2D eigenvalue weighted by Gasteiger charge is 2.30. The monoisotopic (exact) mass is 504 g/mol. The predicted octanol–water partition coefficient (Wildman–Crippen LogP) is 4.30. The van der Waals surface area contributed by atoms with E-state index in [0.29, 0.717) is 11.4 Å². The normalized spacial score (nSPS) is 10.9. The van der Waals surface area contributed by atoms with Gasteiger partial charge in [0.05, 0.1) is 24.8 Å². The van der Waals surface area contributed by atoms with Gasteiger partial charge in [-0.1, -0.05) is 40.2 Å². The molecule has 0 aromatic heterocycles. The second-order valence-electron chi connectivity index (χ2n) is 6.42. The molecule has 0 aliphatic rings. The highest BCUT2D eigenvalue weighted by atomic mass is 79.9. The minimum atomic E-state index is -4.08. The number of amides is 1. The maximum atomic E-state index is 13.5. The van der Waals surface area contributed by atoms with Crippen molar-refractivity contribution in [1.29, 1.82) is 0 Å². The Hall–Kier alpha value is -3.04. The van der Waals surface area contributed by atoms with Gasteiger partial charge in [-0.3, -0.25) is 9.10 Å². The van der Waals surface area contributed by atoms with Gasteiger partial charge in [0.2, 0.25) is 5.91 Å². The fraction of sp³-hybridized carbons (Fsp3) is 0.136. The van der Waals surface area contributed by atoms with E-state index >= 15 is 0 Å². The van der Waals surface area contributed by atoms with Gasteiger partial charge in [0.25, 0.3) is 10.0 Å². The third-order valence-corrected chi connectivity index (χ3v) is 6.65. The van der Waals surface area contributed by atoms with Crippen LogP contribution < -0.4 is 19.1 Å². The van der Waals surface area contributed by atoms with Crippen molar-refractivity contribution in [2.75, 3.05) is 30.4 Å². The molecule has 1 amide bonds. The Labute approximate surface area is 189 Å². The van der Waals surface area contributed by atoms with E-state index < -0.39 is 22.5 Å². The Morgan fingerprint density at radius 1 is 0.968 bits per heavy atom. The number of hydrogen-bond donors (Lipinski definition) is 1. The Bertz CT molecular complexity index is 1170. The number of carbonyl (C=O) groups excluding carboxylic acids is 1. The van der Waals surface area contributed by atoms with Crippen LogP contribution in [-0.4, -0.2) is 35.1 Å². The lowest BCUT2D eigenvalue weighted by molar-refractivity contribution is -0.114. The van der Waals surface area contributed by atoms with Crippen molar-refractivity contribution in [1.82, 2.24) is 0 Å². The number of hydrogen-bond acceptors (Lipinski definition) is 5. The molecule has 0 aliphatic heterocycles. The lowest BCUT2D eigenvalue weighted by atomic mass is 10.2. The largest absolute Gasteiger partial charge is 0.497 e. The molecule has 3 rings (SSSR count). The first-order chi connectivity index (χ1) is 14.8. The predicted molar refractivity (Wildman–Crippen MR) is 123 cm³/mol. The number of nitrogens with one attached hydrogen (secondary N) is 1. The molecule has 0 spiro atoms. The fourth-order valence-electron chi connectivity index (χ4n) is 2.91. The number of rotatable bonds is 8. The first kappa shape index (κ1) is 22.6. The number of halogens is 1. The zero-order valence-corrected chi connectivity index (χ0v) is 19.3. The summed E-state index contributed by atoms with van der Waals surface area (Å²) in [6.07, 6.45) is 0. The number of methoxy groups -OCH3 is 2. The van der Waals surface area contributed by atoms with Gasteiger partial charge in [-0.2, -0.15) is 0 Å². The molecule has 3 aromatic carbocycles. The molecule has 9 heteroatoms. The summed E-state index contributed by atoms with van der Waals surface area (Å²) in [5, 5.41) is 2.73. The van der Waals surface area contributed by atoms with E-state index in [1.165, 1.54) is 32.4 Å². The van der Waals surface area contributed by atoms with Crippen LogP contribution in [0.25, 0.3) is 0 Å². The quantitative estimate of drug-likeness (QED) is 0.494. The summed E-state index contributed by atoms with van der Waals surface area (Å²) in [5.41, 5.74) is 0.726. The van der Waals surface area contributed by atoms with E-state index in [0.717, 1.165) is 8.78 Å². The second-order valence-corrected chi connectivity index (χ2v) is 9.20. The summed E-state index contributed by atoms with van der Waals surface area (Å²) < 4.78 is 39.4. The molecule has 0 radical (unpaired) electrons. The van der Waals surface area contributed by atoms with Crippen molar-refractivity contribution in [3.63, 3.8) is 0 Å². The van der Waals surface area contributed by atoms with Gasteiger partial charge < -0.3 is 14.8 Å². The first-order valence-electron chi connectivity index (χ1n) is 9.20. The van der Waals surface area contributed by atoms with Crippen LogP contribution in [0, 0.1) is 0 Å². The van der Waals surface area contributed by atoms with E-state index in [9.17, 15) is 13.2 Å². The maximum Gasteiger partial charge on any atom is 0.264 e. The van der Waals surface area contributed by atoms with Crippen LogP contribution in [-0.2, 0) is 14.8 Å². The van der Waals surface area contributed by atoms with Gasteiger partial charge in [-0.25, -0.2) is 8.42 Å². The standard InChI is InChI=1S/C22H21BrN2O5S/c1-29-18-11-12-21(30-2)20(14-18)25(31(27,28)19-9-4-3-5-10-19)15-22(26)24-17-8-6-7-16(23)13-17/h3-14H,15H2,1-2H3,(H,24,26). The van der Waals surface area contributed by atoms with Crippen molar-refractivity contribution < 1.29 is 22.7 Å². The molecular formula is C22H21BrN2O5S. The van der Waals surface area contributed by atoms with E-state index in [-0.39, 0.29) is 16.3 Å². The zero-order chi connectivity index (χ0) is 22.4. The van der Waals surface area contributed by atoms with Crippen LogP contribution in [0.3, 0.4) is 0 Å². The molecule has 1 N–H and O–H groups in total. The lowest BCUT2D eigenvalue weighted by Gasteiger charge is -2.26. The van der Waals surface area contributed by atoms with Crippen LogP contribution in [0.4, 0.5) is 11.4 Å². The molecule has 0 heterocycles. The first-order valence-corrected chi connectivity index (χ1v) is 11.4.